The number of hydrogen-bond acceptors (Lipinski definition) is 4. The van der Waals surface area contributed by atoms with Crippen LogP contribution in [0.15, 0.2) is 5.18 Å². The summed E-state index contributed by atoms with van der Waals surface area (Å²) in [7, 11) is 0. The monoisotopic (exact) mass is 212 g/mol. The van der Waals surface area contributed by atoms with E-state index in [-0.39, 0.29) is 17.9 Å². The number of fused-ring (bicyclic) bond motifs is 2. The second-order valence-electron chi connectivity index (χ2n) is 5.53. The van der Waals surface area contributed by atoms with Crippen molar-refractivity contribution < 1.29 is 4.92 Å². The van der Waals surface area contributed by atoms with E-state index < -0.39 is 10.5 Å². The third-order valence-corrected chi connectivity index (χ3v) is 4.63. The first-order valence-electron chi connectivity index (χ1n) is 5.39. The summed E-state index contributed by atoms with van der Waals surface area (Å²) in [4.78, 5) is 21.2. The van der Waals surface area contributed by atoms with Gasteiger partial charge in [-0.2, -0.15) is 0 Å². The van der Waals surface area contributed by atoms with E-state index >= 15 is 0 Å². The Morgan fingerprint density at radius 2 is 2.20 bits per heavy atom. The van der Waals surface area contributed by atoms with Crippen molar-refractivity contribution in [2.75, 3.05) is 6.54 Å². The number of nitro groups is 1. The lowest BCUT2D eigenvalue weighted by Gasteiger charge is -2.61. The van der Waals surface area contributed by atoms with Crippen LogP contribution in [0.5, 0.6) is 0 Å². The van der Waals surface area contributed by atoms with Crippen molar-refractivity contribution in [2.24, 2.45) is 22.4 Å². The van der Waals surface area contributed by atoms with Gasteiger partial charge >= 0.3 is 0 Å². The highest BCUT2D eigenvalue weighted by Gasteiger charge is 2.64. The molecule has 3 saturated carbocycles. The van der Waals surface area contributed by atoms with Gasteiger partial charge in [0.2, 0.25) is 6.54 Å². The number of nitroso groups, excluding NO2 is 1. The molecule has 0 N–H and O–H groups in total. The molecule has 0 heterocycles. The molecule has 5 nitrogen and oxygen atoms in total. The molecule has 3 atom stereocenters. The zero-order chi connectivity index (χ0) is 11.3. The Morgan fingerprint density at radius 3 is 2.60 bits per heavy atom. The van der Waals surface area contributed by atoms with Gasteiger partial charge in [-0.25, -0.2) is 0 Å². The van der Waals surface area contributed by atoms with E-state index in [1.165, 1.54) is 0 Å². The summed E-state index contributed by atoms with van der Waals surface area (Å²) in [5, 5.41) is 13.8. The molecule has 5 heteroatoms. The van der Waals surface area contributed by atoms with Gasteiger partial charge in [0.1, 0.15) is 0 Å². The van der Waals surface area contributed by atoms with Crippen LogP contribution >= 0.6 is 0 Å². The molecule has 3 aliphatic rings. The normalized spacial score (nSPS) is 41.7. The van der Waals surface area contributed by atoms with E-state index in [9.17, 15) is 15.0 Å². The smallest absolute Gasteiger partial charge is 0.232 e. The minimum Gasteiger partial charge on any atom is -0.264 e. The zero-order valence-electron chi connectivity index (χ0n) is 9.10. The first kappa shape index (κ1) is 10.5. The summed E-state index contributed by atoms with van der Waals surface area (Å²) in [6.45, 7) is 3.91. The summed E-state index contributed by atoms with van der Waals surface area (Å²) in [6, 6.07) is 0. The highest BCUT2D eigenvalue weighted by molar-refractivity contribution is 5.13. The highest BCUT2D eigenvalue weighted by Crippen LogP contribution is 2.63. The van der Waals surface area contributed by atoms with Gasteiger partial charge in [0, 0.05) is 4.92 Å². The van der Waals surface area contributed by atoms with Crippen molar-refractivity contribution in [3.63, 3.8) is 0 Å². The maximum atomic E-state index is 11.0. The standard InChI is InChI=1S/C10H16N2O3/c1-9(2)7-3-4-10(11-13,6-12(14)15)8(9)5-7/h7-8H,3-6H2,1-2H3/t7-,8+,10+/m1/s1. The van der Waals surface area contributed by atoms with Crippen LogP contribution < -0.4 is 0 Å². The number of nitrogens with zero attached hydrogens (tertiary/aromatic N) is 2. The molecular weight excluding hydrogens is 196 g/mol. The molecule has 2 bridgehead atoms. The van der Waals surface area contributed by atoms with Crippen molar-refractivity contribution in [1.29, 1.82) is 0 Å². The van der Waals surface area contributed by atoms with Gasteiger partial charge in [0.05, 0.1) is 0 Å². The fourth-order valence-corrected chi connectivity index (χ4v) is 3.57. The molecule has 0 radical (unpaired) electrons. The summed E-state index contributed by atoms with van der Waals surface area (Å²) in [5.74, 6) is 0.732. The maximum absolute atomic E-state index is 11.0. The Balaban J connectivity index is 2.26. The highest BCUT2D eigenvalue weighted by atomic mass is 16.6. The molecule has 15 heavy (non-hydrogen) atoms. The van der Waals surface area contributed by atoms with Crippen LogP contribution in [0.4, 0.5) is 0 Å². The molecule has 84 valence electrons. The Hall–Kier alpha value is -1.00. The Labute approximate surface area is 88.4 Å². The minimum atomic E-state index is -0.929. The number of rotatable bonds is 3. The molecule has 0 aromatic heterocycles. The first-order chi connectivity index (χ1) is 6.92. The van der Waals surface area contributed by atoms with E-state index in [2.05, 4.69) is 19.0 Å². The summed E-state index contributed by atoms with van der Waals surface area (Å²) in [5.41, 5.74) is -0.871. The maximum Gasteiger partial charge on any atom is 0.232 e. The topological polar surface area (TPSA) is 72.6 Å². The lowest BCUT2D eigenvalue weighted by Crippen LogP contribution is -2.62. The molecule has 3 aliphatic carbocycles. The van der Waals surface area contributed by atoms with Gasteiger partial charge in [-0.15, -0.1) is 4.91 Å². The number of hydrogen-bond donors (Lipinski definition) is 0. The molecule has 0 amide bonds. The predicted molar refractivity (Wildman–Crippen MR) is 55.0 cm³/mol. The fraction of sp³-hybridized carbons (Fsp3) is 1.00. The summed E-state index contributed by atoms with van der Waals surface area (Å²) >= 11 is 0. The molecule has 0 saturated heterocycles. The van der Waals surface area contributed by atoms with E-state index in [1.807, 2.05) is 0 Å². The van der Waals surface area contributed by atoms with E-state index in [0.29, 0.717) is 12.3 Å². The molecule has 0 spiro atoms. The average molecular weight is 212 g/mol. The van der Waals surface area contributed by atoms with Crippen LogP contribution in [0, 0.1) is 32.3 Å². The minimum absolute atomic E-state index is 0.0577. The molecular formula is C10H16N2O3. The van der Waals surface area contributed by atoms with Crippen molar-refractivity contribution >= 4 is 0 Å². The quantitative estimate of drug-likeness (QED) is 0.409. The van der Waals surface area contributed by atoms with Gasteiger partial charge in [-0.3, -0.25) is 10.1 Å². The third-order valence-electron chi connectivity index (χ3n) is 4.63. The van der Waals surface area contributed by atoms with Gasteiger partial charge in [0.15, 0.2) is 5.54 Å². The third kappa shape index (κ3) is 1.28. The molecule has 0 aliphatic heterocycles. The summed E-state index contributed by atoms with van der Waals surface area (Å²) in [6.07, 6.45) is 2.44. The zero-order valence-corrected chi connectivity index (χ0v) is 9.10. The van der Waals surface area contributed by atoms with E-state index in [4.69, 9.17) is 0 Å². The second-order valence-corrected chi connectivity index (χ2v) is 5.53. The van der Waals surface area contributed by atoms with Gasteiger partial charge < -0.3 is 0 Å². The Bertz CT molecular complexity index is 314. The lowest BCUT2D eigenvalue weighted by atomic mass is 9.43. The molecule has 3 fully saturated rings. The fourth-order valence-electron chi connectivity index (χ4n) is 3.57. The molecule has 0 aromatic carbocycles. The van der Waals surface area contributed by atoms with Crippen LogP contribution in [0.3, 0.4) is 0 Å². The Morgan fingerprint density at radius 1 is 1.53 bits per heavy atom. The largest absolute Gasteiger partial charge is 0.264 e. The van der Waals surface area contributed by atoms with Crippen molar-refractivity contribution in [3.8, 4) is 0 Å². The van der Waals surface area contributed by atoms with Crippen molar-refractivity contribution in [2.45, 2.75) is 38.6 Å². The molecule has 0 aromatic rings. The van der Waals surface area contributed by atoms with Gasteiger partial charge in [-0.05, 0) is 36.5 Å². The molecule has 3 rings (SSSR count). The molecule has 0 unspecified atom stereocenters. The van der Waals surface area contributed by atoms with E-state index in [1.54, 1.807) is 0 Å². The van der Waals surface area contributed by atoms with E-state index in [0.717, 1.165) is 12.8 Å². The van der Waals surface area contributed by atoms with Crippen LogP contribution in [0.2, 0.25) is 0 Å². The van der Waals surface area contributed by atoms with Crippen LogP contribution in [-0.2, 0) is 0 Å². The van der Waals surface area contributed by atoms with Crippen LogP contribution in [-0.4, -0.2) is 17.0 Å². The van der Waals surface area contributed by atoms with Crippen molar-refractivity contribution in [3.05, 3.63) is 15.0 Å². The SMILES string of the molecule is CC1(C)[C@@H]2CC[C@@](C[N+](=O)[O-])(N=O)[C@H]1C2. The Kier molecular flexibility index (Phi) is 2.10. The van der Waals surface area contributed by atoms with Crippen LogP contribution in [0.25, 0.3) is 0 Å². The summed E-state index contributed by atoms with van der Waals surface area (Å²) < 4.78 is 0. The second kappa shape index (κ2) is 3.00. The van der Waals surface area contributed by atoms with Gasteiger partial charge in [0.25, 0.3) is 0 Å². The predicted octanol–water partition coefficient (Wildman–Crippen LogP) is 2.22. The average Bonchev–Trinajstić information content (AvgIpc) is 2.16. The first-order valence-corrected chi connectivity index (χ1v) is 5.39. The lowest BCUT2D eigenvalue weighted by molar-refractivity contribution is -0.496. The van der Waals surface area contributed by atoms with Crippen LogP contribution in [0.1, 0.15) is 33.1 Å². The van der Waals surface area contributed by atoms with Crippen molar-refractivity contribution in [1.82, 2.24) is 0 Å². The van der Waals surface area contributed by atoms with Gasteiger partial charge in [-0.1, -0.05) is 19.0 Å².